The van der Waals surface area contributed by atoms with E-state index in [1.165, 1.54) is 51.5 Å². The van der Waals surface area contributed by atoms with Gasteiger partial charge in [0, 0.05) is 19.0 Å². The Morgan fingerprint density at radius 3 is 2.08 bits per heavy atom. The Kier molecular flexibility index (Phi) is 18.9. The fraction of sp³-hybridized carbons (Fsp3) is 0.289. The highest BCUT2D eigenvalue weighted by atomic mass is 79.9. The first kappa shape index (κ1) is 54.8. The number of nitrogens with one attached hydrogen (secondary N) is 2. The summed E-state index contributed by atoms with van der Waals surface area (Å²) in [6, 6.07) is 8.56. The monoisotopic (exact) mass is 1080 g/mol. The number of ether oxygens (including phenoxy) is 3. The molecule has 0 aliphatic heterocycles. The highest BCUT2D eigenvalue weighted by Gasteiger charge is 2.39. The van der Waals surface area contributed by atoms with Crippen LogP contribution in [0.25, 0.3) is 11.3 Å². The van der Waals surface area contributed by atoms with Gasteiger partial charge in [-0.15, -0.1) is 0 Å². The normalized spacial score (nSPS) is 11.4. The van der Waals surface area contributed by atoms with E-state index in [1.807, 2.05) is 0 Å². The molecule has 0 aliphatic rings. The molecular weight excluding hydrogens is 1050 g/mol. The molecule has 3 aromatic carbocycles. The molecule has 0 spiro atoms. The third kappa shape index (κ3) is 15.0. The van der Waals surface area contributed by atoms with Crippen molar-refractivity contribution in [3.63, 3.8) is 0 Å². The van der Waals surface area contributed by atoms with Gasteiger partial charge in [0.05, 0.1) is 50.3 Å². The Bertz CT molecular complexity index is 2710. The van der Waals surface area contributed by atoms with E-state index < -0.39 is 80.2 Å². The summed E-state index contributed by atoms with van der Waals surface area (Å²) in [5.74, 6) is -2.86. The molecule has 0 saturated carbocycles. The number of halogens is 11. The highest BCUT2D eigenvalue weighted by molar-refractivity contribution is 9.10. The van der Waals surface area contributed by atoms with E-state index in [1.54, 1.807) is 18.6 Å². The van der Waals surface area contributed by atoms with E-state index >= 15 is 0 Å². The third-order valence-electron chi connectivity index (χ3n) is 7.91. The van der Waals surface area contributed by atoms with Crippen LogP contribution in [0.1, 0.15) is 58.1 Å². The van der Waals surface area contributed by atoms with Crippen LogP contribution < -0.4 is 19.5 Å². The first-order valence-electron chi connectivity index (χ1n) is 18.0. The number of hydrogen-bond donors (Lipinski definition) is 3. The zero-order valence-corrected chi connectivity index (χ0v) is 39.3. The second kappa shape index (κ2) is 22.8. The Hall–Kier alpha value is -5.50. The van der Waals surface area contributed by atoms with Gasteiger partial charge in [-0.25, -0.2) is 31.9 Å². The van der Waals surface area contributed by atoms with Crippen LogP contribution in [-0.2, 0) is 34.4 Å². The molecule has 2 amide bonds. The van der Waals surface area contributed by atoms with Crippen LogP contribution in [0.2, 0.25) is 15.1 Å². The number of carboxylic acid groups (broad SMARTS) is 1. The second-order valence-electron chi connectivity index (χ2n) is 13.1. The van der Waals surface area contributed by atoms with Crippen molar-refractivity contribution in [1.29, 1.82) is 0 Å². The molecule has 0 fully saturated rings. The molecule has 66 heavy (non-hydrogen) atoms. The van der Waals surface area contributed by atoms with Gasteiger partial charge in [-0.3, -0.25) is 10.00 Å². The number of aryl methyl sites for hydroxylation is 3. The molecule has 0 unspecified atom stereocenters. The number of methoxy groups -OCH3 is 2. The Morgan fingerprint density at radius 1 is 0.924 bits per heavy atom. The van der Waals surface area contributed by atoms with Gasteiger partial charge < -0.3 is 19.3 Å². The molecule has 5 aromatic rings. The summed E-state index contributed by atoms with van der Waals surface area (Å²) in [7, 11) is -0.723. The average Bonchev–Trinajstić information content (AvgIpc) is 3.50. The Labute approximate surface area is 393 Å². The number of anilines is 1. The lowest BCUT2D eigenvalue weighted by atomic mass is 10.1. The van der Waals surface area contributed by atoms with E-state index in [9.17, 15) is 53.5 Å². The van der Waals surface area contributed by atoms with E-state index in [0.717, 1.165) is 25.2 Å². The number of amides is 2. The molecule has 0 aliphatic carbocycles. The number of carboxylic acids is 1. The van der Waals surface area contributed by atoms with Gasteiger partial charge in [-0.05, 0) is 79.0 Å². The molecule has 2 aromatic heterocycles. The first-order valence-corrected chi connectivity index (χ1v) is 21.4. The number of carbonyl (C=O) groups is 3. The van der Waals surface area contributed by atoms with E-state index in [-0.39, 0.29) is 66.5 Å². The Morgan fingerprint density at radius 2 is 1.55 bits per heavy atom. The minimum atomic E-state index is -4.69. The average molecular weight is 1080 g/mol. The number of urea groups is 1. The molecule has 0 atom stereocenters. The van der Waals surface area contributed by atoms with Crippen molar-refractivity contribution >= 4 is 84.7 Å². The molecule has 0 radical (unpaired) electrons. The van der Waals surface area contributed by atoms with Gasteiger partial charge in [-0.2, -0.15) is 46.4 Å². The maximum absolute atomic E-state index is 14.3. The minimum Gasteiger partial charge on any atom is -0.494 e. The predicted molar refractivity (Wildman–Crippen MR) is 228 cm³/mol. The van der Waals surface area contributed by atoms with Gasteiger partial charge in [0.25, 0.3) is 10.0 Å². The molecule has 28 heteroatoms. The van der Waals surface area contributed by atoms with Crippen molar-refractivity contribution in [2.24, 2.45) is 7.05 Å². The van der Waals surface area contributed by atoms with Crippen LogP contribution >= 0.6 is 50.7 Å². The van der Waals surface area contributed by atoms with Crippen LogP contribution in [0.15, 0.2) is 57.9 Å². The summed E-state index contributed by atoms with van der Waals surface area (Å²) >= 11 is 20.0. The van der Waals surface area contributed by atoms with E-state index in [0.29, 0.717) is 4.68 Å². The summed E-state index contributed by atoms with van der Waals surface area (Å²) in [5.41, 5.74) is -2.05. The van der Waals surface area contributed by atoms with Crippen LogP contribution in [-0.4, -0.2) is 82.7 Å². The maximum atomic E-state index is 14.3. The Balaban J connectivity index is 0.000000279. The van der Waals surface area contributed by atoms with Crippen LogP contribution in [0, 0.1) is 12.7 Å². The zero-order chi connectivity index (χ0) is 50.1. The molecule has 2 heterocycles. The zero-order valence-electron chi connectivity index (χ0n) is 34.6. The SMILES string of the molecule is CC(C)OC(=O)c1cc(-c2nn(C)c(C(F)(F)F)c2Br)c(F)cc1Cl.COc1c(Cl)ccc(Cl)c1C(=O)O.COc1nc(C)nc(NC(=O)NS(=O)(=O)c2ccccc2CCC(F)(F)F)n1. The number of benzene rings is 3. The molecule has 3 N–H and O–H groups in total. The third-order valence-corrected chi connectivity index (χ3v) is 11.0. The van der Waals surface area contributed by atoms with E-state index in [2.05, 4.69) is 41.3 Å². The van der Waals surface area contributed by atoms with Crippen molar-refractivity contribution in [3.8, 4) is 23.0 Å². The highest BCUT2D eigenvalue weighted by Crippen LogP contribution is 2.41. The van der Waals surface area contributed by atoms with Crippen molar-refractivity contribution in [3.05, 3.63) is 102 Å². The van der Waals surface area contributed by atoms with Crippen molar-refractivity contribution in [2.75, 3.05) is 19.5 Å². The molecular formula is C38H34BrCl3F7N7O9S. The summed E-state index contributed by atoms with van der Waals surface area (Å²) in [5, 5.41) is 14.7. The lowest BCUT2D eigenvalue weighted by Crippen LogP contribution is -2.35. The van der Waals surface area contributed by atoms with Crippen molar-refractivity contribution < 1.29 is 72.9 Å². The largest absolute Gasteiger partial charge is 0.494 e. The van der Waals surface area contributed by atoms with Crippen LogP contribution in [0.4, 0.5) is 41.5 Å². The van der Waals surface area contributed by atoms with Gasteiger partial charge in [0.1, 0.15) is 22.9 Å². The minimum absolute atomic E-state index is 0.0715. The number of aromatic carboxylic acids is 1. The lowest BCUT2D eigenvalue weighted by Gasteiger charge is -2.13. The number of carbonyl (C=O) groups excluding carboxylic acids is 2. The van der Waals surface area contributed by atoms with Gasteiger partial charge in [-0.1, -0.05) is 53.0 Å². The number of esters is 1. The fourth-order valence-corrected chi connectivity index (χ4v) is 7.88. The lowest BCUT2D eigenvalue weighted by molar-refractivity contribution is -0.144. The van der Waals surface area contributed by atoms with Crippen molar-refractivity contribution in [1.82, 2.24) is 29.5 Å². The molecule has 0 bridgehead atoms. The number of aromatic nitrogens is 5. The summed E-state index contributed by atoms with van der Waals surface area (Å²) in [4.78, 5) is 45.7. The number of nitrogens with zero attached hydrogens (tertiary/aromatic N) is 5. The second-order valence-corrected chi connectivity index (χ2v) is 16.8. The van der Waals surface area contributed by atoms with Crippen molar-refractivity contribution in [2.45, 2.75) is 57.0 Å². The number of sulfonamides is 1. The topological polar surface area (TPSA) is 214 Å². The summed E-state index contributed by atoms with van der Waals surface area (Å²) in [6.45, 7) is 4.73. The number of hydrogen-bond acceptors (Lipinski definition) is 12. The van der Waals surface area contributed by atoms with E-state index in [4.69, 9.17) is 54.1 Å². The standard InChI is InChI=1S/C15H12BrClF4N2O2.C15H16F3N5O4S.C8H6Cl2O3/c1-6(2)25-14(24)7-4-8(10(18)5-9(7)17)12-11(16)13(15(19,20)21)23(3)22-12;1-9-19-12(22-14(20-9)27-2)21-13(24)23-28(25,26)11-6-4-3-5-10(11)7-8-15(16,17)18;1-13-7-5(10)3-2-4(9)6(7)8(11)12/h4-6H,1-3H3;3-6H,7-8H2,1-2H3,(H2,19,20,21,22,23,24);2-3H,1H3,(H,11,12). The quantitative estimate of drug-likeness (QED) is 0.0831. The first-order chi connectivity index (χ1) is 30.5. The molecule has 0 saturated heterocycles. The maximum Gasteiger partial charge on any atom is 0.434 e. The molecule has 5 rings (SSSR count). The van der Waals surface area contributed by atoms with Gasteiger partial charge in [0.15, 0.2) is 11.4 Å². The summed E-state index contributed by atoms with van der Waals surface area (Å²) in [6.07, 6.45) is -11.3. The summed E-state index contributed by atoms with van der Waals surface area (Å²) < 4.78 is 132. The number of rotatable bonds is 11. The van der Waals surface area contributed by atoms with Crippen LogP contribution in [0.3, 0.4) is 0 Å². The van der Waals surface area contributed by atoms with Gasteiger partial charge >= 0.3 is 36.3 Å². The fourth-order valence-electron chi connectivity index (χ4n) is 5.23. The smallest absolute Gasteiger partial charge is 0.434 e. The predicted octanol–water partition coefficient (Wildman–Crippen LogP) is 10.1. The molecule has 358 valence electrons. The van der Waals surface area contributed by atoms with Gasteiger partial charge in [0.2, 0.25) is 5.95 Å². The molecule has 16 nitrogen and oxygen atoms in total. The number of alkyl halides is 6. The van der Waals surface area contributed by atoms with Crippen LogP contribution in [0.5, 0.6) is 11.8 Å².